The lowest BCUT2D eigenvalue weighted by molar-refractivity contribution is -0.140. The molecule has 36 heavy (non-hydrogen) atoms. The van der Waals surface area contributed by atoms with Crippen molar-refractivity contribution in [3.05, 3.63) is 81.2 Å². The summed E-state index contributed by atoms with van der Waals surface area (Å²) in [4.78, 5) is 27.1. The van der Waals surface area contributed by atoms with Gasteiger partial charge in [0.05, 0.1) is 32.3 Å². The Balaban J connectivity index is 1.82. The maximum atomic E-state index is 13.8. The highest BCUT2D eigenvalue weighted by atomic mass is 35.5. The van der Waals surface area contributed by atoms with Gasteiger partial charge >= 0.3 is 5.97 Å². The Morgan fingerprint density at radius 3 is 2.44 bits per heavy atom. The first kappa shape index (κ1) is 25.8. The lowest BCUT2D eigenvalue weighted by Crippen LogP contribution is -2.36. The second kappa shape index (κ2) is 11.2. The van der Waals surface area contributed by atoms with Gasteiger partial charge in [-0.05, 0) is 43.0 Å². The lowest BCUT2D eigenvalue weighted by atomic mass is 9.71. The van der Waals surface area contributed by atoms with Gasteiger partial charge in [0.15, 0.2) is 17.3 Å². The number of hydrogen-bond donors (Lipinski definition) is 1. The maximum absolute atomic E-state index is 13.8. The number of nitrogens with one attached hydrogen (secondary N) is 1. The molecule has 1 N–H and O–H groups in total. The van der Waals surface area contributed by atoms with Crippen LogP contribution in [0.1, 0.15) is 42.7 Å². The number of esters is 1. The van der Waals surface area contributed by atoms with Crippen molar-refractivity contribution in [1.29, 1.82) is 0 Å². The maximum Gasteiger partial charge on any atom is 0.336 e. The Bertz CT molecular complexity index is 1220. The van der Waals surface area contributed by atoms with Gasteiger partial charge in [-0.15, -0.1) is 0 Å². The van der Waals surface area contributed by atoms with E-state index in [1.165, 1.54) is 0 Å². The molecule has 0 radical (unpaired) electrons. The zero-order valence-corrected chi connectivity index (χ0v) is 21.6. The molecule has 0 saturated heterocycles. The average molecular weight is 512 g/mol. The molecule has 8 heteroatoms. The van der Waals surface area contributed by atoms with E-state index in [0.717, 1.165) is 11.3 Å². The number of para-hydroxylation sites is 1. The van der Waals surface area contributed by atoms with Crippen LogP contribution in [0.5, 0.6) is 11.5 Å². The van der Waals surface area contributed by atoms with Gasteiger partial charge < -0.3 is 24.3 Å². The quantitative estimate of drug-likeness (QED) is 0.398. The van der Waals surface area contributed by atoms with Gasteiger partial charge in [-0.1, -0.05) is 35.9 Å². The van der Waals surface area contributed by atoms with Crippen molar-refractivity contribution >= 4 is 23.4 Å². The molecular formula is C28H30ClNO6. The minimum absolute atomic E-state index is 0.00289. The topological polar surface area (TPSA) is 83.1 Å². The summed E-state index contributed by atoms with van der Waals surface area (Å²) in [6, 6.07) is 13.1. The summed E-state index contributed by atoms with van der Waals surface area (Å²) in [5.41, 5.74) is 4.07. The van der Waals surface area contributed by atoms with E-state index in [1.807, 2.05) is 43.3 Å². The van der Waals surface area contributed by atoms with Crippen LogP contribution in [-0.4, -0.2) is 46.3 Å². The molecule has 0 amide bonds. The molecule has 4 rings (SSSR count). The third kappa shape index (κ3) is 4.99. The van der Waals surface area contributed by atoms with E-state index in [2.05, 4.69) is 5.32 Å². The molecule has 1 heterocycles. The highest BCUT2D eigenvalue weighted by Crippen LogP contribution is 2.49. The van der Waals surface area contributed by atoms with E-state index in [0.29, 0.717) is 51.8 Å². The number of carbonyl (C=O) groups excluding carboxylic acids is 2. The van der Waals surface area contributed by atoms with Gasteiger partial charge in [-0.2, -0.15) is 0 Å². The smallest absolute Gasteiger partial charge is 0.336 e. The van der Waals surface area contributed by atoms with Gasteiger partial charge in [0.2, 0.25) is 0 Å². The van der Waals surface area contributed by atoms with Crippen molar-refractivity contribution in [2.75, 3.05) is 34.5 Å². The Morgan fingerprint density at radius 1 is 1.03 bits per heavy atom. The van der Waals surface area contributed by atoms with Crippen LogP contribution in [-0.2, 0) is 19.1 Å². The number of halogens is 1. The zero-order valence-electron chi connectivity index (χ0n) is 20.9. The van der Waals surface area contributed by atoms with E-state index >= 15 is 0 Å². The predicted octanol–water partition coefficient (Wildman–Crippen LogP) is 4.91. The summed E-state index contributed by atoms with van der Waals surface area (Å²) < 4.78 is 21.8. The molecule has 2 aromatic rings. The minimum Gasteiger partial charge on any atom is -0.493 e. The molecule has 0 spiro atoms. The number of allylic oxidation sites excluding steroid dienone is 3. The van der Waals surface area contributed by atoms with E-state index in [1.54, 1.807) is 27.4 Å². The first-order valence-corrected chi connectivity index (χ1v) is 12.1. The summed E-state index contributed by atoms with van der Waals surface area (Å²) in [5, 5.41) is 4.01. The molecule has 0 bridgehead atoms. The molecular weight excluding hydrogens is 482 g/mol. The summed E-state index contributed by atoms with van der Waals surface area (Å²) in [6.45, 7) is 2.20. The Kier molecular flexibility index (Phi) is 8.01. The number of Topliss-reactive ketones (excluding diaryl/α,β-unsaturated/α-hetero) is 1. The molecule has 1 aliphatic heterocycles. The molecule has 2 atom stereocenters. The zero-order chi connectivity index (χ0) is 25.8. The number of dihydropyridines is 1. The SMILES string of the molecule is COCCOC(=O)C1=C(C)NC2=C(C(=O)CC(c3ccc(Cl)cc3)C2)C1c1cccc(OC)c1OC. The van der Waals surface area contributed by atoms with Crippen LogP contribution in [0.15, 0.2) is 65.0 Å². The van der Waals surface area contributed by atoms with Crippen LogP contribution < -0.4 is 14.8 Å². The van der Waals surface area contributed by atoms with Crippen molar-refractivity contribution in [2.24, 2.45) is 0 Å². The Hall–Kier alpha value is -3.29. The number of carbonyl (C=O) groups is 2. The van der Waals surface area contributed by atoms with Crippen LogP contribution >= 0.6 is 11.6 Å². The molecule has 0 fully saturated rings. The molecule has 2 aliphatic rings. The highest BCUT2D eigenvalue weighted by Gasteiger charge is 2.42. The van der Waals surface area contributed by atoms with Crippen LogP contribution in [0, 0.1) is 0 Å². The summed E-state index contributed by atoms with van der Waals surface area (Å²) in [6.07, 6.45) is 0.935. The molecule has 0 aromatic heterocycles. The number of rotatable bonds is 8. The van der Waals surface area contributed by atoms with Crippen LogP contribution in [0.3, 0.4) is 0 Å². The number of ketones is 1. The number of hydrogen-bond acceptors (Lipinski definition) is 7. The van der Waals surface area contributed by atoms with Gasteiger partial charge in [-0.25, -0.2) is 4.79 Å². The van der Waals surface area contributed by atoms with Gasteiger partial charge in [0.25, 0.3) is 0 Å². The summed E-state index contributed by atoms with van der Waals surface area (Å²) in [5.74, 6) is -0.222. The summed E-state index contributed by atoms with van der Waals surface area (Å²) in [7, 11) is 4.64. The number of ether oxygens (including phenoxy) is 4. The van der Waals surface area contributed by atoms with Gasteiger partial charge in [0.1, 0.15) is 6.61 Å². The minimum atomic E-state index is -0.667. The van der Waals surface area contributed by atoms with Crippen LogP contribution in [0.4, 0.5) is 0 Å². The molecule has 2 aromatic carbocycles. The van der Waals surface area contributed by atoms with E-state index in [9.17, 15) is 9.59 Å². The largest absolute Gasteiger partial charge is 0.493 e. The van der Waals surface area contributed by atoms with E-state index in [4.69, 9.17) is 30.5 Å². The van der Waals surface area contributed by atoms with Crippen molar-refractivity contribution in [3.8, 4) is 11.5 Å². The summed E-state index contributed by atoms with van der Waals surface area (Å²) >= 11 is 6.07. The number of benzene rings is 2. The van der Waals surface area contributed by atoms with Crippen molar-refractivity contribution in [3.63, 3.8) is 0 Å². The van der Waals surface area contributed by atoms with Gasteiger partial charge in [0, 0.05) is 41.1 Å². The first-order valence-electron chi connectivity index (χ1n) is 11.8. The fourth-order valence-corrected chi connectivity index (χ4v) is 5.15. The Morgan fingerprint density at radius 2 is 1.78 bits per heavy atom. The van der Waals surface area contributed by atoms with Crippen molar-refractivity contribution in [1.82, 2.24) is 5.32 Å². The first-order chi connectivity index (χ1) is 17.4. The fraction of sp³-hybridized carbons (Fsp3) is 0.357. The van der Waals surface area contributed by atoms with Crippen molar-refractivity contribution < 1.29 is 28.5 Å². The van der Waals surface area contributed by atoms with Gasteiger partial charge in [-0.3, -0.25) is 4.79 Å². The normalized spacial score (nSPS) is 19.5. The standard InChI is InChI=1S/C28H30ClNO6/c1-16-24(28(32)36-13-12-33-2)25(20-6-5-7-23(34-3)27(20)35-4)26-21(30-16)14-18(15-22(26)31)17-8-10-19(29)11-9-17/h5-11,18,25,30H,12-15H2,1-4H3. The molecule has 1 aliphatic carbocycles. The fourth-order valence-electron chi connectivity index (χ4n) is 5.03. The molecule has 0 saturated carbocycles. The highest BCUT2D eigenvalue weighted by molar-refractivity contribution is 6.30. The van der Waals surface area contributed by atoms with E-state index in [-0.39, 0.29) is 24.9 Å². The lowest BCUT2D eigenvalue weighted by Gasteiger charge is -2.37. The third-order valence-electron chi connectivity index (χ3n) is 6.65. The van der Waals surface area contributed by atoms with Crippen molar-refractivity contribution in [2.45, 2.75) is 31.6 Å². The van der Waals surface area contributed by atoms with Crippen LogP contribution in [0.25, 0.3) is 0 Å². The van der Waals surface area contributed by atoms with Crippen LogP contribution in [0.2, 0.25) is 5.02 Å². The molecule has 7 nitrogen and oxygen atoms in total. The molecule has 2 unspecified atom stereocenters. The van der Waals surface area contributed by atoms with E-state index < -0.39 is 11.9 Å². The predicted molar refractivity (Wildman–Crippen MR) is 136 cm³/mol. The average Bonchev–Trinajstić information content (AvgIpc) is 2.87. The second-order valence-corrected chi connectivity index (χ2v) is 9.22. The molecule has 190 valence electrons. The number of methoxy groups -OCH3 is 3. The monoisotopic (exact) mass is 511 g/mol. The third-order valence-corrected chi connectivity index (χ3v) is 6.91. The Labute approximate surface area is 216 Å². The second-order valence-electron chi connectivity index (χ2n) is 8.78.